The van der Waals surface area contributed by atoms with Crippen LogP contribution in [0.15, 0.2) is 34.5 Å². The highest BCUT2D eigenvalue weighted by Gasteiger charge is 2.26. The fourth-order valence-electron chi connectivity index (χ4n) is 2.82. The molecule has 3 aromatic rings. The van der Waals surface area contributed by atoms with E-state index in [1.54, 1.807) is 12.1 Å². The Hall–Kier alpha value is -2.69. The highest BCUT2D eigenvalue weighted by molar-refractivity contribution is 7.93. The van der Waals surface area contributed by atoms with Gasteiger partial charge in [0.15, 0.2) is 0 Å². The first-order valence-corrected chi connectivity index (χ1v) is 12.4. The summed E-state index contributed by atoms with van der Waals surface area (Å²) >= 11 is 1.87. The highest BCUT2D eigenvalue weighted by atomic mass is 32.2. The SMILES string of the molecule is NC(N)NCCC[C@H](NC(=O)c1sccc1NS(=O)(=O)c1cccc2nsnc12)C(=O)O. The number of benzene rings is 1. The van der Waals surface area contributed by atoms with E-state index in [1.165, 1.54) is 17.5 Å². The number of aliphatic carboxylic acids is 1. The zero-order valence-corrected chi connectivity index (χ0v) is 19.0. The largest absolute Gasteiger partial charge is 0.480 e. The van der Waals surface area contributed by atoms with Gasteiger partial charge in [-0.05, 0) is 43.0 Å². The molecule has 15 heteroatoms. The minimum absolute atomic E-state index is 0.0329. The molecular weight excluding hydrogens is 478 g/mol. The molecule has 0 aliphatic carbocycles. The lowest BCUT2D eigenvalue weighted by molar-refractivity contribution is -0.139. The third-order valence-electron chi connectivity index (χ3n) is 4.31. The summed E-state index contributed by atoms with van der Waals surface area (Å²) in [5, 5.41) is 16.1. The number of nitrogens with two attached hydrogens (primary N) is 2. The number of nitrogens with zero attached hydrogens (tertiary/aromatic N) is 2. The summed E-state index contributed by atoms with van der Waals surface area (Å²) in [6, 6.07) is 4.84. The summed E-state index contributed by atoms with van der Waals surface area (Å²) in [6.45, 7) is 0.373. The number of nitrogens with one attached hydrogen (secondary N) is 3. The Labute approximate surface area is 191 Å². The summed E-state index contributed by atoms with van der Waals surface area (Å²) in [7, 11) is -4.07. The maximum atomic E-state index is 12.9. The quantitative estimate of drug-likeness (QED) is 0.157. The zero-order chi connectivity index (χ0) is 23.3. The summed E-state index contributed by atoms with van der Waals surface area (Å²) in [5.74, 6) is -1.92. The van der Waals surface area contributed by atoms with Crippen molar-refractivity contribution in [1.82, 2.24) is 19.4 Å². The van der Waals surface area contributed by atoms with Crippen molar-refractivity contribution in [3.8, 4) is 0 Å². The second-order valence-corrected chi connectivity index (χ2v) is 9.74. The minimum atomic E-state index is -4.07. The van der Waals surface area contributed by atoms with Gasteiger partial charge in [-0.2, -0.15) is 8.75 Å². The number of amides is 1. The molecule has 0 spiro atoms. The number of sulfonamides is 1. The van der Waals surface area contributed by atoms with Gasteiger partial charge >= 0.3 is 5.97 Å². The molecule has 0 bridgehead atoms. The Kier molecular flexibility index (Phi) is 7.70. The van der Waals surface area contributed by atoms with Crippen LogP contribution in [0.25, 0.3) is 11.0 Å². The zero-order valence-electron chi connectivity index (χ0n) is 16.5. The number of fused-ring (bicyclic) bond motifs is 1. The minimum Gasteiger partial charge on any atom is -0.480 e. The molecule has 1 atom stereocenters. The van der Waals surface area contributed by atoms with E-state index in [-0.39, 0.29) is 27.4 Å². The molecule has 2 heterocycles. The van der Waals surface area contributed by atoms with E-state index in [0.29, 0.717) is 18.5 Å². The van der Waals surface area contributed by atoms with Crippen LogP contribution < -0.4 is 26.8 Å². The Morgan fingerprint density at radius 3 is 2.69 bits per heavy atom. The van der Waals surface area contributed by atoms with Gasteiger partial charge in [0.25, 0.3) is 15.9 Å². The Morgan fingerprint density at radius 1 is 1.19 bits per heavy atom. The van der Waals surface area contributed by atoms with E-state index >= 15 is 0 Å². The van der Waals surface area contributed by atoms with Crippen LogP contribution in [0.4, 0.5) is 5.69 Å². The number of anilines is 1. The molecule has 2 aromatic heterocycles. The molecule has 12 nitrogen and oxygen atoms in total. The molecule has 1 aromatic carbocycles. The first kappa shape index (κ1) is 24.0. The van der Waals surface area contributed by atoms with Gasteiger partial charge in [0.05, 0.1) is 17.4 Å². The monoisotopic (exact) mass is 499 g/mol. The smallest absolute Gasteiger partial charge is 0.326 e. The number of rotatable bonds is 11. The molecular formula is C17H21N7O5S3. The average Bonchev–Trinajstić information content (AvgIpc) is 3.38. The van der Waals surface area contributed by atoms with Crippen molar-refractivity contribution in [3.63, 3.8) is 0 Å². The van der Waals surface area contributed by atoms with Crippen LogP contribution in [0.2, 0.25) is 0 Å². The summed E-state index contributed by atoms with van der Waals surface area (Å²) in [4.78, 5) is 24.2. The Bertz CT molecular complexity index is 1210. The topological polar surface area (TPSA) is 202 Å². The predicted octanol–water partition coefficient (Wildman–Crippen LogP) is 0.307. The van der Waals surface area contributed by atoms with Crippen molar-refractivity contribution < 1.29 is 23.1 Å². The van der Waals surface area contributed by atoms with Crippen LogP contribution in [0, 0.1) is 0 Å². The second kappa shape index (κ2) is 10.3. The van der Waals surface area contributed by atoms with E-state index < -0.39 is 34.2 Å². The van der Waals surface area contributed by atoms with Crippen LogP contribution in [0.5, 0.6) is 0 Å². The fraction of sp³-hybridized carbons (Fsp3) is 0.294. The molecule has 0 radical (unpaired) electrons. The molecule has 3 rings (SSSR count). The first-order valence-electron chi connectivity index (χ1n) is 9.29. The Morgan fingerprint density at radius 2 is 1.97 bits per heavy atom. The van der Waals surface area contributed by atoms with E-state index in [2.05, 4.69) is 24.1 Å². The number of thiophene rings is 1. The standard InChI is InChI=1S/C17H21N7O5S3/c18-17(19)20-7-2-4-11(16(26)27)21-15(25)14-10(6-8-30-14)24-32(28,29)12-5-1-3-9-13(12)23-31-22-9/h1,3,5-6,8,11,17,20,24H,2,4,7,18-19H2,(H,21,25)(H,26,27)/t11-/m0/s1. The van der Waals surface area contributed by atoms with E-state index in [1.807, 2.05) is 0 Å². The van der Waals surface area contributed by atoms with Gasteiger partial charge < -0.3 is 21.9 Å². The Balaban J connectivity index is 1.73. The lowest BCUT2D eigenvalue weighted by Crippen LogP contribution is -2.46. The maximum Gasteiger partial charge on any atom is 0.326 e. The molecule has 1 amide bonds. The second-order valence-electron chi connectivity index (χ2n) is 6.64. The molecule has 0 fully saturated rings. The van der Waals surface area contributed by atoms with Gasteiger partial charge in [-0.3, -0.25) is 14.8 Å². The lowest BCUT2D eigenvalue weighted by atomic mass is 10.1. The van der Waals surface area contributed by atoms with Crippen molar-refractivity contribution in [2.45, 2.75) is 30.1 Å². The number of carboxylic acid groups (broad SMARTS) is 1. The number of hydrogen-bond acceptors (Lipinski definition) is 11. The maximum absolute atomic E-state index is 12.9. The van der Waals surface area contributed by atoms with E-state index in [0.717, 1.165) is 23.1 Å². The normalized spacial score (nSPS) is 12.7. The van der Waals surface area contributed by atoms with Gasteiger partial charge in [0, 0.05) is 0 Å². The van der Waals surface area contributed by atoms with Gasteiger partial charge in [-0.25, -0.2) is 13.2 Å². The van der Waals surface area contributed by atoms with Gasteiger partial charge in [0.2, 0.25) is 0 Å². The van der Waals surface area contributed by atoms with E-state index in [4.69, 9.17) is 11.5 Å². The molecule has 0 saturated heterocycles. The van der Waals surface area contributed by atoms with Crippen LogP contribution in [0.3, 0.4) is 0 Å². The molecule has 0 aliphatic rings. The molecule has 0 aliphatic heterocycles. The molecule has 8 N–H and O–H groups in total. The summed E-state index contributed by atoms with van der Waals surface area (Å²) < 4.78 is 36.3. The number of carbonyl (C=O) groups is 2. The molecule has 32 heavy (non-hydrogen) atoms. The van der Waals surface area contributed by atoms with Crippen molar-refractivity contribution in [2.24, 2.45) is 11.5 Å². The van der Waals surface area contributed by atoms with Crippen molar-refractivity contribution in [3.05, 3.63) is 34.5 Å². The first-order chi connectivity index (χ1) is 15.2. The summed E-state index contributed by atoms with van der Waals surface area (Å²) in [6.07, 6.45) is -0.190. The van der Waals surface area contributed by atoms with Gasteiger partial charge in [-0.15, -0.1) is 11.3 Å². The lowest BCUT2D eigenvalue weighted by Gasteiger charge is -2.16. The average molecular weight is 500 g/mol. The van der Waals surface area contributed by atoms with Gasteiger partial charge in [0.1, 0.15) is 33.1 Å². The van der Waals surface area contributed by atoms with E-state index in [9.17, 15) is 23.1 Å². The van der Waals surface area contributed by atoms with Crippen LogP contribution in [-0.4, -0.2) is 53.0 Å². The van der Waals surface area contributed by atoms with Crippen LogP contribution >= 0.6 is 23.1 Å². The van der Waals surface area contributed by atoms with Crippen molar-refractivity contribution >= 4 is 61.7 Å². The number of aromatic nitrogens is 2. The molecule has 0 unspecified atom stereocenters. The number of hydrogen-bond donors (Lipinski definition) is 6. The van der Waals surface area contributed by atoms with Crippen LogP contribution in [-0.2, 0) is 14.8 Å². The van der Waals surface area contributed by atoms with Crippen molar-refractivity contribution in [1.29, 1.82) is 0 Å². The van der Waals surface area contributed by atoms with Crippen LogP contribution in [0.1, 0.15) is 22.5 Å². The molecule has 0 saturated carbocycles. The molecule has 172 valence electrons. The fourth-order valence-corrected chi connectivity index (χ4v) is 5.48. The van der Waals surface area contributed by atoms with Crippen molar-refractivity contribution in [2.75, 3.05) is 11.3 Å². The number of carboxylic acids is 1. The highest BCUT2D eigenvalue weighted by Crippen LogP contribution is 2.28. The van der Waals surface area contributed by atoms with Gasteiger partial charge in [-0.1, -0.05) is 6.07 Å². The third-order valence-corrected chi connectivity index (χ3v) is 7.16. The predicted molar refractivity (Wildman–Crippen MR) is 121 cm³/mol. The number of carbonyl (C=O) groups excluding carboxylic acids is 1. The third kappa shape index (κ3) is 5.76. The summed E-state index contributed by atoms with van der Waals surface area (Å²) in [5.41, 5.74) is 11.4.